The molecule has 2 N–H and O–H groups in total. The maximum Gasteiger partial charge on any atom is 0.417 e. The minimum Gasteiger partial charge on any atom is -0.410 e. The number of alkyl halides is 3. The molecule has 1 saturated carbocycles. The lowest BCUT2D eigenvalue weighted by atomic mass is 9.85. The van der Waals surface area contributed by atoms with E-state index in [0.29, 0.717) is 30.0 Å². The molecule has 14 heteroatoms. The minimum atomic E-state index is -4.22. The highest BCUT2D eigenvalue weighted by Crippen LogP contribution is 2.37. The molecule has 3 aromatic rings. The molecule has 0 bridgehead atoms. The Morgan fingerprint density at radius 2 is 1.73 bits per heavy atom. The maximum absolute atomic E-state index is 13.1. The van der Waals surface area contributed by atoms with Crippen molar-refractivity contribution in [1.29, 1.82) is 0 Å². The number of benzene rings is 2. The van der Waals surface area contributed by atoms with Crippen LogP contribution in [0, 0.1) is 16.0 Å². The molecule has 11 nitrogen and oxygen atoms in total. The minimum absolute atomic E-state index is 0.0219. The van der Waals surface area contributed by atoms with Gasteiger partial charge in [-0.05, 0) is 62.1 Å². The van der Waals surface area contributed by atoms with E-state index in [2.05, 4.69) is 15.7 Å². The van der Waals surface area contributed by atoms with Gasteiger partial charge in [-0.3, -0.25) is 20.2 Å². The van der Waals surface area contributed by atoms with Crippen molar-refractivity contribution < 1.29 is 37.2 Å². The molecule has 1 aliphatic carbocycles. The summed E-state index contributed by atoms with van der Waals surface area (Å²) in [5, 5.41) is 20.7. The van der Waals surface area contributed by atoms with Gasteiger partial charge in [-0.2, -0.15) is 18.3 Å². The van der Waals surface area contributed by atoms with Gasteiger partial charge in [-0.15, -0.1) is 0 Å². The molecule has 0 radical (unpaired) electrons. The highest BCUT2D eigenvalue weighted by atomic mass is 19.4. The van der Waals surface area contributed by atoms with Crippen LogP contribution in [0.1, 0.15) is 47.4 Å². The number of amides is 2. The first-order valence-electron chi connectivity index (χ1n) is 13.0. The Morgan fingerprint density at radius 3 is 2.37 bits per heavy atom. The molecule has 216 valence electrons. The topological polar surface area (TPSA) is 138 Å². The van der Waals surface area contributed by atoms with Crippen LogP contribution in [0.5, 0.6) is 5.75 Å². The van der Waals surface area contributed by atoms with Crippen LogP contribution in [-0.2, 0) is 17.8 Å². The Kier molecular flexibility index (Phi) is 7.92. The zero-order valence-electron chi connectivity index (χ0n) is 21.6. The lowest BCUT2D eigenvalue weighted by Crippen LogP contribution is -2.40. The number of non-ortho nitro benzene ring substituents is 1. The van der Waals surface area contributed by atoms with Crippen LogP contribution in [0.15, 0.2) is 48.5 Å². The lowest BCUT2D eigenvalue weighted by Gasteiger charge is -2.30. The third-order valence-electron chi connectivity index (χ3n) is 7.18. The fraction of sp³-hybridized carbons (Fsp3) is 0.370. The van der Waals surface area contributed by atoms with E-state index in [1.807, 2.05) is 0 Å². The number of fused-ring (bicyclic) bond motifs is 1. The highest BCUT2D eigenvalue weighted by molar-refractivity contribution is 5.94. The standard InChI is InChI=1S/C27H26F3N5O6/c28-27(29,30)16-1-3-17(4-2-16)31-25(36)24-22-15-40-14-13-23(22)34(33-24)19-7-5-18(6-8-19)32-26(37)41-21-11-9-20(10-12-21)35(38)39/h5-12,16-17H,1-4,13-15H2,(H,31,36)(H,32,37). The van der Waals surface area contributed by atoms with Gasteiger partial charge in [0.15, 0.2) is 5.69 Å². The molecule has 2 heterocycles. The molecule has 5 rings (SSSR count). The third kappa shape index (κ3) is 6.48. The van der Waals surface area contributed by atoms with Gasteiger partial charge in [0.05, 0.1) is 35.4 Å². The molecule has 0 saturated heterocycles. The van der Waals surface area contributed by atoms with Crippen molar-refractivity contribution in [2.24, 2.45) is 5.92 Å². The van der Waals surface area contributed by atoms with Crippen molar-refractivity contribution in [3.63, 3.8) is 0 Å². The number of aromatic nitrogens is 2. The number of ether oxygens (including phenoxy) is 2. The summed E-state index contributed by atoms with van der Waals surface area (Å²) in [5.74, 6) is -1.65. The van der Waals surface area contributed by atoms with Gasteiger partial charge < -0.3 is 14.8 Å². The van der Waals surface area contributed by atoms with E-state index < -0.39 is 29.0 Å². The molecule has 0 unspecified atom stereocenters. The van der Waals surface area contributed by atoms with Crippen LogP contribution in [0.25, 0.3) is 5.69 Å². The smallest absolute Gasteiger partial charge is 0.410 e. The molecule has 1 aliphatic heterocycles. The number of carbonyl (C=O) groups is 2. The first-order valence-corrected chi connectivity index (χ1v) is 13.0. The van der Waals surface area contributed by atoms with Crippen LogP contribution in [0.2, 0.25) is 0 Å². The summed E-state index contributed by atoms with van der Waals surface area (Å²) in [6, 6.07) is 11.4. The summed E-state index contributed by atoms with van der Waals surface area (Å²) in [6.07, 6.45) is -4.05. The Morgan fingerprint density at radius 1 is 1.05 bits per heavy atom. The first kappa shape index (κ1) is 28.1. The van der Waals surface area contributed by atoms with Gasteiger partial charge >= 0.3 is 12.3 Å². The predicted molar refractivity (Wildman–Crippen MR) is 139 cm³/mol. The van der Waals surface area contributed by atoms with Crippen LogP contribution < -0.4 is 15.4 Å². The summed E-state index contributed by atoms with van der Waals surface area (Å²) >= 11 is 0. The molecule has 1 fully saturated rings. The number of nitro benzene ring substituents is 1. The summed E-state index contributed by atoms with van der Waals surface area (Å²) in [4.78, 5) is 35.6. The number of nitro groups is 1. The molecule has 41 heavy (non-hydrogen) atoms. The molecule has 2 aromatic carbocycles. The molecular formula is C27H26F3N5O6. The van der Waals surface area contributed by atoms with E-state index in [1.54, 1.807) is 28.9 Å². The molecule has 0 spiro atoms. The largest absolute Gasteiger partial charge is 0.417 e. The van der Waals surface area contributed by atoms with Crippen molar-refractivity contribution >= 4 is 23.4 Å². The summed E-state index contributed by atoms with van der Waals surface area (Å²) in [5.41, 5.74) is 2.51. The normalized spacial score (nSPS) is 18.7. The monoisotopic (exact) mass is 573 g/mol. The van der Waals surface area contributed by atoms with E-state index in [1.165, 1.54) is 24.3 Å². The first-order chi connectivity index (χ1) is 19.6. The number of hydrogen-bond donors (Lipinski definition) is 2. The van der Waals surface area contributed by atoms with E-state index in [0.717, 1.165) is 5.69 Å². The fourth-order valence-corrected chi connectivity index (χ4v) is 5.02. The van der Waals surface area contributed by atoms with Crippen molar-refractivity contribution in [3.05, 3.63) is 75.6 Å². The summed E-state index contributed by atoms with van der Waals surface area (Å²) in [6.45, 7) is 0.627. The van der Waals surface area contributed by atoms with Crippen LogP contribution in [0.4, 0.5) is 29.3 Å². The second kappa shape index (κ2) is 11.6. The van der Waals surface area contributed by atoms with E-state index >= 15 is 0 Å². The van der Waals surface area contributed by atoms with Gasteiger partial charge in [0.1, 0.15) is 5.75 Å². The number of hydrogen-bond acceptors (Lipinski definition) is 7. The number of carbonyl (C=O) groups excluding carboxylic acids is 2. The second-order valence-corrected chi connectivity index (χ2v) is 9.86. The van der Waals surface area contributed by atoms with Gasteiger partial charge in [-0.1, -0.05) is 0 Å². The zero-order chi connectivity index (χ0) is 29.1. The molecule has 2 amide bonds. The zero-order valence-corrected chi connectivity index (χ0v) is 21.6. The van der Waals surface area contributed by atoms with Crippen molar-refractivity contribution in [2.75, 3.05) is 11.9 Å². The average Bonchev–Trinajstić information content (AvgIpc) is 3.33. The lowest BCUT2D eigenvalue weighted by molar-refractivity contribution is -0.384. The molecular weight excluding hydrogens is 547 g/mol. The predicted octanol–water partition coefficient (Wildman–Crippen LogP) is 5.32. The Labute approximate surface area is 231 Å². The van der Waals surface area contributed by atoms with Crippen molar-refractivity contribution in [3.8, 4) is 11.4 Å². The summed E-state index contributed by atoms with van der Waals surface area (Å²) < 4.78 is 51.3. The number of halogens is 3. The van der Waals surface area contributed by atoms with Crippen LogP contribution >= 0.6 is 0 Å². The van der Waals surface area contributed by atoms with Crippen molar-refractivity contribution in [1.82, 2.24) is 15.1 Å². The van der Waals surface area contributed by atoms with Crippen LogP contribution in [-0.4, -0.2) is 45.5 Å². The molecule has 0 atom stereocenters. The number of rotatable bonds is 6. The fourth-order valence-electron chi connectivity index (χ4n) is 5.02. The number of nitrogens with one attached hydrogen (secondary N) is 2. The Hall–Kier alpha value is -4.46. The molecule has 1 aromatic heterocycles. The maximum atomic E-state index is 13.1. The van der Waals surface area contributed by atoms with E-state index in [4.69, 9.17) is 9.47 Å². The SMILES string of the molecule is O=C(Nc1ccc(-n2nc(C(=O)NC3CCC(C(F)(F)F)CC3)c3c2CCOC3)cc1)Oc1ccc([N+](=O)[O-])cc1. The second-order valence-electron chi connectivity index (χ2n) is 9.86. The van der Waals surface area contributed by atoms with Crippen LogP contribution in [0.3, 0.4) is 0 Å². The Bertz CT molecular complexity index is 1430. The van der Waals surface area contributed by atoms with E-state index in [9.17, 15) is 32.9 Å². The number of nitrogens with zero attached hydrogens (tertiary/aromatic N) is 3. The van der Waals surface area contributed by atoms with Gasteiger partial charge in [-0.25, -0.2) is 9.48 Å². The third-order valence-corrected chi connectivity index (χ3v) is 7.18. The molecule has 2 aliphatic rings. The number of anilines is 1. The van der Waals surface area contributed by atoms with E-state index in [-0.39, 0.29) is 55.5 Å². The van der Waals surface area contributed by atoms with Gasteiger partial charge in [0.2, 0.25) is 0 Å². The highest BCUT2D eigenvalue weighted by Gasteiger charge is 2.41. The van der Waals surface area contributed by atoms with Gasteiger partial charge in [0, 0.05) is 35.8 Å². The summed E-state index contributed by atoms with van der Waals surface area (Å²) in [7, 11) is 0. The quantitative estimate of drug-likeness (QED) is 0.301. The van der Waals surface area contributed by atoms with Gasteiger partial charge in [0.25, 0.3) is 11.6 Å². The van der Waals surface area contributed by atoms with Crippen molar-refractivity contribution in [2.45, 2.75) is 50.9 Å². The average molecular weight is 574 g/mol. The Balaban J connectivity index is 1.25.